The highest BCUT2D eigenvalue weighted by molar-refractivity contribution is 9.10. The Kier molecular flexibility index (Phi) is 3.24. The number of carbonyl (C=O) groups excluding carboxylic acids is 1. The molecular weight excluding hydrogens is 266 g/mol. The van der Waals surface area contributed by atoms with Crippen LogP contribution in [0.15, 0.2) is 4.60 Å². The molecule has 0 saturated carbocycles. The van der Waals surface area contributed by atoms with Gasteiger partial charge in [0.25, 0.3) is 0 Å². The molecule has 0 radical (unpaired) electrons. The number of aromatic nitrogens is 1. The van der Waals surface area contributed by atoms with Crippen molar-refractivity contribution in [1.82, 2.24) is 4.98 Å². The van der Waals surface area contributed by atoms with Crippen LogP contribution < -0.4 is 0 Å². The van der Waals surface area contributed by atoms with Crippen molar-refractivity contribution in [3.05, 3.63) is 21.4 Å². The summed E-state index contributed by atoms with van der Waals surface area (Å²) >= 11 is 3.52. The summed E-state index contributed by atoms with van der Waals surface area (Å²) < 4.78 is 1.00. The summed E-state index contributed by atoms with van der Waals surface area (Å²) in [5.41, 5.74) is 3.14. The van der Waals surface area contributed by atoms with Crippen molar-refractivity contribution in [2.45, 2.75) is 40.0 Å². The summed E-state index contributed by atoms with van der Waals surface area (Å²) in [5.74, 6) is 1.50. The Morgan fingerprint density at radius 1 is 1.44 bits per heavy atom. The lowest BCUT2D eigenvalue weighted by Gasteiger charge is -2.23. The van der Waals surface area contributed by atoms with E-state index in [1.54, 1.807) is 0 Å². The van der Waals surface area contributed by atoms with Gasteiger partial charge >= 0.3 is 0 Å². The average Bonchev–Trinajstić information content (AvgIpc) is 2.41. The largest absolute Gasteiger partial charge is 0.353 e. The van der Waals surface area contributed by atoms with E-state index in [0.29, 0.717) is 17.6 Å². The third kappa shape index (κ3) is 2.10. The van der Waals surface area contributed by atoms with E-state index in [2.05, 4.69) is 34.8 Å². The van der Waals surface area contributed by atoms with Gasteiger partial charge in [0.15, 0.2) is 5.78 Å². The molecule has 3 heteroatoms. The van der Waals surface area contributed by atoms with Crippen molar-refractivity contribution < 1.29 is 4.79 Å². The van der Waals surface area contributed by atoms with Gasteiger partial charge in [-0.2, -0.15) is 0 Å². The van der Waals surface area contributed by atoms with E-state index in [-0.39, 0.29) is 0 Å². The molecule has 2 rings (SSSR count). The maximum absolute atomic E-state index is 12.1. The number of Topliss-reactive ketones (excluding diaryl/α,β-unsaturated/α-hetero) is 1. The lowest BCUT2D eigenvalue weighted by Crippen LogP contribution is -2.21. The zero-order valence-corrected chi connectivity index (χ0v) is 11.6. The second-order valence-electron chi connectivity index (χ2n) is 5.24. The molecule has 0 spiro atoms. The lowest BCUT2D eigenvalue weighted by molar-refractivity contribution is 0.0942. The Morgan fingerprint density at radius 2 is 2.12 bits per heavy atom. The molecule has 0 amide bonds. The summed E-state index contributed by atoms with van der Waals surface area (Å²) in [5, 5.41) is 0. The highest BCUT2D eigenvalue weighted by atomic mass is 79.9. The van der Waals surface area contributed by atoms with Crippen LogP contribution in [0.4, 0.5) is 0 Å². The van der Waals surface area contributed by atoms with E-state index in [1.165, 1.54) is 5.56 Å². The van der Waals surface area contributed by atoms with Gasteiger partial charge in [0.2, 0.25) is 0 Å². The summed E-state index contributed by atoms with van der Waals surface area (Å²) in [6.07, 6.45) is 2.89. The number of halogens is 1. The smallest absolute Gasteiger partial charge is 0.165 e. The first kappa shape index (κ1) is 11.9. The molecule has 0 aromatic carbocycles. The third-order valence-corrected chi connectivity index (χ3v) is 3.97. The summed E-state index contributed by atoms with van der Waals surface area (Å²) in [7, 11) is 0. The molecule has 0 aliphatic heterocycles. The number of hydrogen-bond donors (Lipinski definition) is 1. The Labute approximate surface area is 105 Å². The SMILES string of the molecule is Cc1[nH]c(Br)c2c1C(=O)CC(CC(C)C)C2. The third-order valence-electron chi connectivity index (χ3n) is 3.29. The first-order chi connectivity index (χ1) is 7.49. The zero-order chi connectivity index (χ0) is 11.9. The fraction of sp³-hybridized carbons (Fsp3) is 0.615. The van der Waals surface area contributed by atoms with Crippen molar-refractivity contribution in [3.63, 3.8) is 0 Å². The van der Waals surface area contributed by atoms with Crippen molar-refractivity contribution >= 4 is 21.7 Å². The topological polar surface area (TPSA) is 32.9 Å². The van der Waals surface area contributed by atoms with E-state index < -0.39 is 0 Å². The van der Waals surface area contributed by atoms with Crippen LogP contribution in [0, 0.1) is 18.8 Å². The number of carbonyl (C=O) groups is 1. The van der Waals surface area contributed by atoms with Crippen LogP contribution in [0.2, 0.25) is 0 Å². The predicted octanol–water partition coefficient (Wildman–Crippen LogP) is 3.88. The first-order valence-corrected chi connectivity index (χ1v) is 6.68. The number of aromatic amines is 1. The van der Waals surface area contributed by atoms with Crippen LogP contribution in [0.1, 0.15) is 48.3 Å². The fourth-order valence-electron chi connectivity index (χ4n) is 2.77. The summed E-state index contributed by atoms with van der Waals surface area (Å²) in [6.45, 7) is 6.42. The minimum Gasteiger partial charge on any atom is -0.353 e. The van der Waals surface area contributed by atoms with Crippen LogP contribution >= 0.6 is 15.9 Å². The van der Waals surface area contributed by atoms with Gasteiger partial charge in [-0.15, -0.1) is 0 Å². The van der Waals surface area contributed by atoms with E-state index in [9.17, 15) is 4.79 Å². The van der Waals surface area contributed by atoms with Gasteiger partial charge in [-0.25, -0.2) is 0 Å². The maximum atomic E-state index is 12.1. The molecule has 1 aliphatic rings. The Balaban J connectivity index is 2.29. The standard InChI is InChI=1S/C13H18BrNO/c1-7(2)4-9-5-10-12(11(16)6-9)8(3)15-13(10)14/h7,9,15H,4-6H2,1-3H3. The van der Waals surface area contributed by atoms with Gasteiger partial charge in [-0.05, 0) is 53.1 Å². The van der Waals surface area contributed by atoms with Crippen LogP contribution in [0.3, 0.4) is 0 Å². The van der Waals surface area contributed by atoms with Crippen LogP contribution in [0.5, 0.6) is 0 Å². The fourth-order valence-corrected chi connectivity index (χ4v) is 3.42. The molecule has 1 aliphatic carbocycles. The van der Waals surface area contributed by atoms with Gasteiger partial charge in [0.05, 0.1) is 4.60 Å². The van der Waals surface area contributed by atoms with Crippen molar-refractivity contribution in [2.24, 2.45) is 11.8 Å². The first-order valence-electron chi connectivity index (χ1n) is 5.89. The summed E-state index contributed by atoms with van der Waals surface area (Å²) in [4.78, 5) is 15.3. The number of rotatable bonds is 2. The molecule has 1 aromatic rings. The molecule has 88 valence electrons. The summed E-state index contributed by atoms with van der Waals surface area (Å²) in [6, 6.07) is 0. The molecule has 1 heterocycles. The van der Waals surface area contributed by atoms with Crippen molar-refractivity contribution in [1.29, 1.82) is 0 Å². The molecule has 1 N–H and O–H groups in total. The molecule has 1 atom stereocenters. The van der Waals surface area contributed by atoms with Crippen LogP contribution in [-0.4, -0.2) is 10.8 Å². The minimum atomic E-state index is 0.311. The second kappa shape index (κ2) is 4.36. The van der Waals surface area contributed by atoms with E-state index in [0.717, 1.165) is 35.1 Å². The van der Waals surface area contributed by atoms with Crippen molar-refractivity contribution in [3.8, 4) is 0 Å². The monoisotopic (exact) mass is 283 g/mol. The maximum Gasteiger partial charge on any atom is 0.165 e. The van der Waals surface area contributed by atoms with Gasteiger partial charge in [-0.3, -0.25) is 4.79 Å². The van der Waals surface area contributed by atoms with Crippen LogP contribution in [-0.2, 0) is 6.42 Å². The molecule has 1 unspecified atom stereocenters. The highest BCUT2D eigenvalue weighted by Gasteiger charge is 2.29. The van der Waals surface area contributed by atoms with Gasteiger partial charge in [-0.1, -0.05) is 13.8 Å². The normalized spacial score (nSPS) is 20.3. The lowest BCUT2D eigenvalue weighted by atomic mass is 9.80. The van der Waals surface area contributed by atoms with E-state index in [1.807, 2.05) is 6.92 Å². The Bertz CT molecular complexity index is 420. The number of fused-ring (bicyclic) bond motifs is 1. The predicted molar refractivity (Wildman–Crippen MR) is 68.8 cm³/mol. The van der Waals surface area contributed by atoms with E-state index >= 15 is 0 Å². The molecule has 0 saturated heterocycles. The second-order valence-corrected chi connectivity index (χ2v) is 6.04. The number of nitrogens with one attached hydrogen (secondary N) is 1. The molecule has 1 aromatic heterocycles. The van der Waals surface area contributed by atoms with Gasteiger partial charge in [0, 0.05) is 17.7 Å². The number of aryl methyl sites for hydroxylation is 1. The quantitative estimate of drug-likeness (QED) is 0.878. The van der Waals surface area contributed by atoms with Gasteiger partial charge < -0.3 is 4.98 Å². The molecule has 0 bridgehead atoms. The highest BCUT2D eigenvalue weighted by Crippen LogP contribution is 2.35. The molecule has 2 nitrogen and oxygen atoms in total. The minimum absolute atomic E-state index is 0.311. The van der Waals surface area contributed by atoms with E-state index in [4.69, 9.17) is 0 Å². The zero-order valence-electron chi connectivity index (χ0n) is 10.1. The number of H-pyrrole nitrogens is 1. The molecule has 0 fully saturated rings. The molecular formula is C13H18BrNO. The Morgan fingerprint density at radius 3 is 2.75 bits per heavy atom. The van der Waals surface area contributed by atoms with Gasteiger partial charge in [0.1, 0.15) is 0 Å². The van der Waals surface area contributed by atoms with Crippen LogP contribution in [0.25, 0.3) is 0 Å². The average molecular weight is 284 g/mol. The van der Waals surface area contributed by atoms with Crippen molar-refractivity contribution in [2.75, 3.05) is 0 Å². The number of ketones is 1. The Hall–Kier alpha value is -0.570. The number of hydrogen-bond acceptors (Lipinski definition) is 1. The molecule has 16 heavy (non-hydrogen) atoms.